The highest BCUT2D eigenvalue weighted by Gasteiger charge is 2.37. The SMILES string of the molecule is C/C=C(\C)[C@H]1OC(=O)[C@@H](C)NC(=O)[C@H](C(C)CC)NC(=O)CN(C)C(=O)[C@@H](Cc2ccccc2)N(C)C(=O)[C@H](C)NC(=O)[C@@H](CC(C)C)OC(=O)/C(C)=C/C[C@H](OC(=O)NCCO)[C@@H]1C. The van der Waals surface area contributed by atoms with E-state index in [1.165, 1.54) is 45.8 Å². The van der Waals surface area contributed by atoms with Crippen LogP contribution in [0.2, 0.25) is 0 Å². The number of allylic oxidation sites excluding steroid dienone is 1. The molecule has 1 heterocycles. The second-order valence-electron chi connectivity index (χ2n) is 17.2. The molecular formula is C47H72N6O12. The Bertz CT molecular complexity index is 1870. The molecule has 2 rings (SSSR count). The fourth-order valence-electron chi connectivity index (χ4n) is 7.03. The maximum Gasteiger partial charge on any atom is 0.407 e. The van der Waals surface area contributed by atoms with Gasteiger partial charge in [-0.3, -0.25) is 24.0 Å². The Morgan fingerprint density at radius 2 is 1.57 bits per heavy atom. The van der Waals surface area contributed by atoms with Gasteiger partial charge in [-0.05, 0) is 64.0 Å². The molecule has 6 amide bonds. The van der Waals surface area contributed by atoms with E-state index in [0.29, 0.717) is 12.0 Å². The number of ether oxygens (including phenoxy) is 3. The number of nitrogens with one attached hydrogen (secondary N) is 4. The van der Waals surface area contributed by atoms with Crippen LogP contribution >= 0.6 is 0 Å². The lowest BCUT2D eigenvalue weighted by Gasteiger charge is -2.33. The highest BCUT2D eigenvalue weighted by Crippen LogP contribution is 2.26. The van der Waals surface area contributed by atoms with E-state index in [-0.39, 0.29) is 43.9 Å². The lowest BCUT2D eigenvalue weighted by molar-refractivity contribution is -0.155. The first kappa shape index (κ1) is 55.4. The number of cyclic esters (lactones) is 2. The number of carbonyl (C=O) groups excluding carboxylic acids is 8. The van der Waals surface area contributed by atoms with E-state index in [0.717, 1.165) is 10.5 Å². The third kappa shape index (κ3) is 17.3. The predicted molar refractivity (Wildman–Crippen MR) is 242 cm³/mol. The highest BCUT2D eigenvalue weighted by atomic mass is 16.6. The molecule has 362 valence electrons. The number of alkyl carbamates (subject to hydrolysis) is 1. The third-order valence-corrected chi connectivity index (χ3v) is 11.4. The first-order valence-corrected chi connectivity index (χ1v) is 22.3. The summed E-state index contributed by atoms with van der Waals surface area (Å²) in [6.45, 7) is 15.8. The van der Waals surface area contributed by atoms with Crippen molar-refractivity contribution in [2.45, 2.75) is 137 Å². The molecule has 5 N–H and O–H groups in total. The van der Waals surface area contributed by atoms with Gasteiger partial charge in [0, 0.05) is 45.0 Å². The molecule has 9 atom stereocenters. The van der Waals surface area contributed by atoms with Crippen LogP contribution in [-0.2, 0) is 54.2 Å². The van der Waals surface area contributed by atoms with Crippen molar-refractivity contribution in [1.82, 2.24) is 31.1 Å². The molecule has 1 unspecified atom stereocenters. The van der Waals surface area contributed by atoms with Crippen LogP contribution in [0.15, 0.2) is 53.6 Å². The van der Waals surface area contributed by atoms with Crippen molar-refractivity contribution in [3.05, 3.63) is 59.2 Å². The normalized spacial score (nSPS) is 27.1. The van der Waals surface area contributed by atoms with E-state index in [2.05, 4.69) is 21.3 Å². The summed E-state index contributed by atoms with van der Waals surface area (Å²) < 4.78 is 17.5. The van der Waals surface area contributed by atoms with Crippen molar-refractivity contribution in [1.29, 1.82) is 0 Å². The summed E-state index contributed by atoms with van der Waals surface area (Å²) in [4.78, 5) is 112. The van der Waals surface area contributed by atoms with Gasteiger partial charge >= 0.3 is 18.0 Å². The monoisotopic (exact) mass is 913 g/mol. The number of aliphatic hydroxyl groups is 1. The zero-order chi connectivity index (χ0) is 49.1. The van der Waals surface area contributed by atoms with Crippen LogP contribution in [0, 0.1) is 17.8 Å². The predicted octanol–water partition coefficient (Wildman–Crippen LogP) is 2.96. The topological polar surface area (TPSA) is 239 Å². The quantitative estimate of drug-likeness (QED) is 0.129. The Hall–Kier alpha value is -5.78. The fourth-order valence-corrected chi connectivity index (χ4v) is 7.03. The van der Waals surface area contributed by atoms with Crippen molar-refractivity contribution >= 4 is 47.6 Å². The standard InChI is InChI=1S/C47H72N6O12/c1-13-28(5)39-42(57)50-33(10)46(61)65-40(29(6)14-2)31(8)36(64-47(62)48-22-23-54)21-20-30(7)45(60)63-37(24-27(3)4)41(56)49-32(9)43(58)53(12)35(25-34-18-16-15-17-19-34)44(59)52(11)26-38(55)51-39/h14-20,27-28,31-33,35-37,39-40,54H,13,21-26H2,1-12H3,(H,48,62)(H,49,56)(H,50,57)(H,51,55)/b29-14+,30-20+/t28?,31-,32-,33+,35+,36-,37+,39-,40+/m0/s1. The van der Waals surface area contributed by atoms with Gasteiger partial charge in [0.15, 0.2) is 6.10 Å². The molecule has 0 spiro atoms. The van der Waals surface area contributed by atoms with Gasteiger partial charge in [-0.1, -0.05) is 83.5 Å². The summed E-state index contributed by atoms with van der Waals surface area (Å²) in [5, 5.41) is 19.7. The Kier molecular flexibility index (Phi) is 22.9. The molecule has 0 fully saturated rings. The summed E-state index contributed by atoms with van der Waals surface area (Å²) >= 11 is 0. The van der Waals surface area contributed by atoms with E-state index in [1.807, 2.05) is 20.8 Å². The molecule has 1 aliphatic rings. The molecule has 18 nitrogen and oxygen atoms in total. The second kappa shape index (κ2) is 26.9. The number of hydrogen-bond donors (Lipinski definition) is 5. The molecule has 0 saturated carbocycles. The van der Waals surface area contributed by atoms with Crippen LogP contribution in [0.5, 0.6) is 0 Å². The lowest BCUT2D eigenvalue weighted by atomic mass is 9.90. The van der Waals surface area contributed by atoms with Crippen LogP contribution in [0.4, 0.5) is 4.79 Å². The second-order valence-corrected chi connectivity index (χ2v) is 17.2. The van der Waals surface area contributed by atoms with Crippen LogP contribution in [0.25, 0.3) is 0 Å². The number of likely N-dealkylation sites (N-methyl/N-ethyl adjacent to an activating group) is 2. The van der Waals surface area contributed by atoms with Gasteiger partial charge in [0.25, 0.3) is 5.91 Å². The Balaban J connectivity index is 2.72. The van der Waals surface area contributed by atoms with Gasteiger partial charge in [-0.15, -0.1) is 0 Å². The van der Waals surface area contributed by atoms with Crippen LogP contribution < -0.4 is 21.3 Å². The zero-order valence-electron chi connectivity index (χ0n) is 40.1. The minimum atomic E-state index is -1.32. The van der Waals surface area contributed by atoms with E-state index in [9.17, 15) is 43.5 Å². The van der Waals surface area contributed by atoms with E-state index >= 15 is 0 Å². The van der Waals surface area contributed by atoms with Crippen molar-refractivity contribution in [2.24, 2.45) is 17.8 Å². The number of amides is 6. The van der Waals surface area contributed by atoms with Crippen molar-refractivity contribution in [3.63, 3.8) is 0 Å². The molecule has 1 aromatic carbocycles. The van der Waals surface area contributed by atoms with Gasteiger partial charge in [0.2, 0.25) is 23.6 Å². The molecule has 65 heavy (non-hydrogen) atoms. The van der Waals surface area contributed by atoms with Gasteiger partial charge in [-0.25, -0.2) is 14.4 Å². The van der Waals surface area contributed by atoms with Gasteiger partial charge < -0.3 is 50.4 Å². The van der Waals surface area contributed by atoms with E-state index in [1.54, 1.807) is 64.1 Å². The number of aliphatic hydroxyl groups excluding tert-OH is 1. The number of benzene rings is 1. The number of hydrogen-bond acceptors (Lipinski definition) is 12. The highest BCUT2D eigenvalue weighted by molar-refractivity contribution is 5.96. The van der Waals surface area contributed by atoms with Crippen LogP contribution in [0.3, 0.4) is 0 Å². The summed E-state index contributed by atoms with van der Waals surface area (Å²) in [5.74, 6) is -6.29. The largest absolute Gasteiger partial charge is 0.456 e. The first-order valence-electron chi connectivity index (χ1n) is 22.3. The smallest absolute Gasteiger partial charge is 0.407 e. The Labute approximate surface area is 383 Å². The number of nitrogens with zero attached hydrogens (tertiary/aromatic N) is 2. The molecule has 0 bridgehead atoms. The third-order valence-electron chi connectivity index (χ3n) is 11.4. The van der Waals surface area contributed by atoms with Crippen molar-refractivity contribution in [2.75, 3.05) is 33.8 Å². The fraction of sp³-hybridized carbons (Fsp3) is 0.617. The van der Waals surface area contributed by atoms with E-state index in [4.69, 9.17) is 14.2 Å². The summed E-state index contributed by atoms with van der Waals surface area (Å²) in [6, 6.07) is 4.29. The van der Waals surface area contributed by atoms with Gasteiger partial charge in [0.05, 0.1) is 13.2 Å². The Morgan fingerprint density at radius 3 is 2.15 bits per heavy atom. The maximum atomic E-state index is 14.2. The molecule has 0 saturated heterocycles. The van der Waals surface area contributed by atoms with E-state index < -0.39 is 108 Å². The van der Waals surface area contributed by atoms with Crippen LogP contribution in [0.1, 0.15) is 94.1 Å². The number of esters is 2. The lowest BCUT2D eigenvalue weighted by Crippen LogP contribution is -2.57. The summed E-state index contributed by atoms with van der Waals surface area (Å²) in [6.07, 6.45) is -0.523. The minimum Gasteiger partial charge on any atom is -0.456 e. The van der Waals surface area contributed by atoms with Crippen molar-refractivity contribution in [3.8, 4) is 0 Å². The summed E-state index contributed by atoms with van der Waals surface area (Å²) in [5.41, 5.74) is 1.37. The Morgan fingerprint density at radius 1 is 0.938 bits per heavy atom. The average Bonchev–Trinajstić information content (AvgIpc) is 3.27. The maximum absolute atomic E-state index is 14.2. The zero-order valence-corrected chi connectivity index (χ0v) is 40.1. The first-order chi connectivity index (χ1) is 30.6. The molecule has 0 radical (unpaired) electrons. The molecule has 18 heteroatoms. The van der Waals surface area contributed by atoms with Gasteiger partial charge in [-0.2, -0.15) is 0 Å². The summed E-state index contributed by atoms with van der Waals surface area (Å²) in [7, 11) is 2.82. The molecular weight excluding hydrogens is 841 g/mol. The minimum absolute atomic E-state index is 0.0616. The molecule has 0 aromatic heterocycles. The molecule has 1 aromatic rings. The molecule has 1 aliphatic heterocycles. The van der Waals surface area contributed by atoms with Crippen LogP contribution in [-0.4, -0.2) is 139 Å². The van der Waals surface area contributed by atoms with Gasteiger partial charge in [0.1, 0.15) is 36.4 Å². The number of rotatable bonds is 10. The van der Waals surface area contributed by atoms with Crippen molar-refractivity contribution < 1.29 is 57.7 Å². The average molecular weight is 913 g/mol. The number of carbonyl (C=O) groups is 8. The molecule has 0 aliphatic carbocycles.